The summed E-state index contributed by atoms with van der Waals surface area (Å²) in [5.74, 6) is 1.47. The molecule has 0 unspecified atom stereocenters. The maximum absolute atomic E-state index is 12.3. The van der Waals surface area contributed by atoms with Gasteiger partial charge in [0, 0.05) is 37.5 Å². The average molecular weight is 454 g/mol. The zero-order valence-corrected chi connectivity index (χ0v) is 18.9. The molecule has 168 valence electrons. The number of nitrogens with one attached hydrogen (secondary N) is 1. The van der Waals surface area contributed by atoms with Crippen LogP contribution in [0.3, 0.4) is 0 Å². The SMILES string of the molecule is Cc1nc(COc2ccc(/C=C/C(=O)NCCCn3nc4n(c3=O)CCCC4)cc2)cs1. The summed E-state index contributed by atoms with van der Waals surface area (Å²) in [6.07, 6.45) is 6.90. The summed E-state index contributed by atoms with van der Waals surface area (Å²) in [7, 11) is 0. The fraction of sp³-hybridized carbons (Fsp3) is 0.391. The van der Waals surface area contributed by atoms with E-state index in [1.54, 1.807) is 22.0 Å². The summed E-state index contributed by atoms with van der Waals surface area (Å²) in [6.45, 7) is 4.16. The number of amides is 1. The van der Waals surface area contributed by atoms with Gasteiger partial charge in [-0.3, -0.25) is 9.36 Å². The van der Waals surface area contributed by atoms with Crippen LogP contribution in [0.2, 0.25) is 0 Å². The van der Waals surface area contributed by atoms with E-state index in [9.17, 15) is 9.59 Å². The lowest BCUT2D eigenvalue weighted by Gasteiger charge is -2.09. The molecule has 0 saturated heterocycles. The summed E-state index contributed by atoms with van der Waals surface area (Å²) >= 11 is 1.61. The minimum Gasteiger partial charge on any atom is -0.487 e. The monoisotopic (exact) mass is 453 g/mol. The van der Waals surface area contributed by atoms with Crippen LogP contribution in [0.1, 0.15) is 41.4 Å². The van der Waals surface area contributed by atoms with Gasteiger partial charge in [-0.05, 0) is 50.0 Å². The quantitative estimate of drug-likeness (QED) is 0.397. The third-order valence-corrected chi connectivity index (χ3v) is 6.06. The molecule has 0 atom stereocenters. The second kappa shape index (κ2) is 10.4. The number of benzene rings is 1. The van der Waals surface area contributed by atoms with Crippen LogP contribution in [0.25, 0.3) is 6.08 Å². The Bertz CT molecular complexity index is 1140. The second-order valence-electron chi connectivity index (χ2n) is 7.72. The van der Waals surface area contributed by atoms with Gasteiger partial charge in [0.1, 0.15) is 18.2 Å². The van der Waals surface area contributed by atoms with E-state index in [1.165, 1.54) is 10.8 Å². The van der Waals surface area contributed by atoms with Crippen molar-refractivity contribution in [3.8, 4) is 5.75 Å². The van der Waals surface area contributed by atoms with Gasteiger partial charge in [-0.15, -0.1) is 11.3 Å². The van der Waals surface area contributed by atoms with E-state index in [1.807, 2.05) is 36.6 Å². The normalized spacial score (nSPS) is 13.3. The van der Waals surface area contributed by atoms with Gasteiger partial charge in [0.2, 0.25) is 5.91 Å². The Morgan fingerprint density at radius 2 is 2.12 bits per heavy atom. The summed E-state index contributed by atoms with van der Waals surface area (Å²) in [5, 5.41) is 10.3. The second-order valence-corrected chi connectivity index (χ2v) is 8.79. The number of hydrogen-bond acceptors (Lipinski definition) is 6. The summed E-state index contributed by atoms with van der Waals surface area (Å²) in [6, 6.07) is 7.55. The number of hydrogen-bond donors (Lipinski definition) is 1. The van der Waals surface area contributed by atoms with Gasteiger partial charge in [0.15, 0.2) is 0 Å². The van der Waals surface area contributed by atoms with Crippen LogP contribution < -0.4 is 15.7 Å². The lowest BCUT2D eigenvalue weighted by molar-refractivity contribution is -0.116. The van der Waals surface area contributed by atoms with Gasteiger partial charge >= 0.3 is 5.69 Å². The topological polar surface area (TPSA) is 91.0 Å². The van der Waals surface area contributed by atoms with Crippen molar-refractivity contribution < 1.29 is 9.53 Å². The van der Waals surface area contributed by atoms with E-state index in [-0.39, 0.29) is 11.6 Å². The first-order valence-corrected chi connectivity index (χ1v) is 11.7. The van der Waals surface area contributed by atoms with Crippen molar-refractivity contribution in [1.29, 1.82) is 0 Å². The van der Waals surface area contributed by atoms with Crippen LogP contribution in [0.5, 0.6) is 5.75 Å². The van der Waals surface area contributed by atoms with Crippen LogP contribution in [-0.2, 0) is 30.9 Å². The zero-order chi connectivity index (χ0) is 22.3. The number of carbonyl (C=O) groups is 1. The third-order valence-electron chi connectivity index (χ3n) is 5.24. The molecule has 3 aromatic rings. The van der Waals surface area contributed by atoms with Crippen LogP contribution >= 0.6 is 11.3 Å². The number of fused-ring (bicyclic) bond motifs is 1. The molecule has 1 amide bonds. The molecule has 0 radical (unpaired) electrons. The first kappa shape index (κ1) is 22.0. The van der Waals surface area contributed by atoms with Gasteiger partial charge < -0.3 is 10.1 Å². The molecule has 0 aliphatic carbocycles. The first-order valence-electron chi connectivity index (χ1n) is 10.8. The Morgan fingerprint density at radius 1 is 1.28 bits per heavy atom. The zero-order valence-electron chi connectivity index (χ0n) is 18.1. The Balaban J connectivity index is 1.18. The molecular weight excluding hydrogens is 426 g/mol. The van der Waals surface area contributed by atoms with Crippen LogP contribution in [0.15, 0.2) is 40.5 Å². The predicted octanol–water partition coefficient (Wildman–Crippen LogP) is 2.94. The first-order chi connectivity index (χ1) is 15.6. The van der Waals surface area contributed by atoms with Crippen molar-refractivity contribution >= 4 is 23.3 Å². The molecule has 1 aliphatic rings. The molecule has 0 saturated carbocycles. The highest BCUT2D eigenvalue weighted by molar-refractivity contribution is 7.09. The predicted molar refractivity (Wildman–Crippen MR) is 124 cm³/mol. The fourth-order valence-electron chi connectivity index (χ4n) is 3.57. The molecule has 2 aromatic heterocycles. The van der Waals surface area contributed by atoms with Gasteiger partial charge in [0.25, 0.3) is 0 Å². The Hall–Kier alpha value is -3.20. The van der Waals surface area contributed by atoms with Gasteiger partial charge in [-0.25, -0.2) is 14.5 Å². The molecule has 0 bridgehead atoms. The number of rotatable bonds is 9. The standard InChI is InChI=1S/C23H27N5O3S/c1-17-25-19(16-32-17)15-31-20-9-6-18(7-10-20)8-11-22(29)24-12-4-14-28-23(30)27-13-3-2-5-21(27)26-28/h6-11,16H,2-5,12-15H2,1H3,(H,24,29)/b11-8+. The lowest BCUT2D eigenvalue weighted by atomic mass is 10.2. The fourth-order valence-corrected chi connectivity index (χ4v) is 4.17. The molecule has 4 rings (SSSR count). The number of aryl methyl sites for hydroxylation is 3. The van der Waals surface area contributed by atoms with Gasteiger partial charge in [-0.1, -0.05) is 12.1 Å². The van der Waals surface area contributed by atoms with Crippen LogP contribution in [-0.4, -0.2) is 31.8 Å². The lowest BCUT2D eigenvalue weighted by Crippen LogP contribution is -2.28. The number of thiazole rings is 1. The highest BCUT2D eigenvalue weighted by atomic mass is 32.1. The minimum atomic E-state index is -0.166. The molecule has 9 heteroatoms. The number of aromatic nitrogens is 4. The van der Waals surface area contributed by atoms with E-state index in [0.29, 0.717) is 26.1 Å². The van der Waals surface area contributed by atoms with Gasteiger partial charge in [-0.2, -0.15) is 5.10 Å². The Morgan fingerprint density at radius 3 is 2.88 bits per heavy atom. The highest BCUT2D eigenvalue weighted by Crippen LogP contribution is 2.16. The van der Waals surface area contributed by atoms with E-state index < -0.39 is 0 Å². The summed E-state index contributed by atoms with van der Waals surface area (Å²) in [5.41, 5.74) is 1.79. The molecule has 32 heavy (non-hydrogen) atoms. The average Bonchev–Trinajstić information content (AvgIpc) is 3.37. The van der Waals surface area contributed by atoms with E-state index in [0.717, 1.165) is 53.6 Å². The third kappa shape index (κ3) is 5.73. The number of carbonyl (C=O) groups excluding carboxylic acids is 1. The van der Waals surface area contributed by atoms with E-state index in [2.05, 4.69) is 15.4 Å². The summed E-state index contributed by atoms with van der Waals surface area (Å²) < 4.78 is 9.01. The van der Waals surface area contributed by atoms with Gasteiger partial charge in [0.05, 0.1) is 10.7 Å². The number of nitrogens with zero attached hydrogens (tertiary/aromatic N) is 4. The molecular formula is C23H27N5O3S. The largest absolute Gasteiger partial charge is 0.487 e. The van der Waals surface area contributed by atoms with Crippen LogP contribution in [0.4, 0.5) is 0 Å². The van der Waals surface area contributed by atoms with E-state index in [4.69, 9.17) is 4.74 Å². The van der Waals surface area contributed by atoms with Crippen molar-refractivity contribution in [2.45, 2.75) is 52.3 Å². The maximum Gasteiger partial charge on any atom is 0.345 e. The molecule has 1 N–H and O–H groups in total. The minimum absolute atomic E-state index is 0.0416. The molecule has 1 aliphatic heterocycles. The van der Waals surface area contributed by atoms with Crippen molar-refractivity contribution in [2.75, 3.05) is 6.54 Å². The van der Waals surface area contributed by atoms with Crippen molar-refractivity contribution in [2.24, 2.45) is 0 Å². The van der Waals surface area contributed by atoms with Crippen molar-refractivity contribution in [3.63, 3.8) is 0 Å². The Labute approximate surface area is 190 Å². The summed E-state index contributed by atoms with van der Waals surface area (Å²) in [4.78, 5) is 28.7. The Kier molecular flexibility index (Phi) is 7.16. The van der Waals surface area contributed by atoms with Crippen LogP contribution in [0, 0.1) is 6.92 Å². The molecule has 8 nitrogen and oxygen atoms in total. The van der Waals surface area contributed by atoms with Crippen molar-refractivity contribution in [3.05, 3.63) is 68.3 Å². The maximum atomic E-state index is 12.3. The van der Waals surface area contributed by atoms with Crippen molar-refractivity contribution in [1.82, 2.24) is 24.6 Å². The smallest absolute Gasteiger partial charge is 0.345 e. The molecule has 0 spiro atoms. The molecule has 0 fully saturated rings. The van der Waals surface area contributed by atoms with E-state index >= 15 is 0 Å². The molecule has 1 aromatic carbocycles. The molecule has 3 heterocycles. The number of ether oxygens (including phenoxy) is 1. The highest BCUT2D eigenvalue weighted by Gasteiger charge is 2.16.